The van der Waals surface area contributed by atoms with Crippen LogP contribution in [0.25, 0.3) is 16.7 Å². The molecule has 2 aliphatic rings. The average Bonchev–Trinajstić information content (AvgIpc) is 3.19. The van der Waals surface area contributed by atoms with Crippen LogP contribution in [0.15, 0.2) is 109 Å². The van der Waals surface area contributed by atoms with Crippen LogP contribution in [-0.4, -0.2) is 61.3 Å². The van der Waals surface area contributed by atoms with E-state index in [1.54, 1.807) is 59.5 Å². The fourth-order valence-corrected chi connectivity index (χ4v) is 5.74. The van der Waals surface area contributed by atoms with Gasteiger partial charge in [0, 0.05) is 73.2 Å². The van der Waals surface area contributed by atoms with Gasteiger partial charge in [0.25, 0.3) is 17.7 Å². The van der Waals surface area contributed by atoms with Gasteiger partial charge >= 0.3 is 0 Å². The van der Waals surface area contributed by atoms with Crippen molar-refractivity contribution in [3.05, 3.63) is 126 Å². The van der Waals surface area contributed by atoms with E-state index in [2.05, 4.69) is 10.6 Å². The molecule has 0 aromatic heterocycles. The molecule has 0 atom stereocenters. The van der Waals surface area contributed by atoms with Crippen LogP contribution in [0.4, 0.5) is 20.2 Å². The molecule has 7 nitrogen and oxygen atoms in total. The van der Waals surface area contributed by atoms with E-state index in [4.69, 9.17) is 0 Å². The number of piperazine rings is 1. The number of alkyl halides is 2. The summed E-state index contributed by atoms with van der Waals surface area (Å²) in [7, 11) is 0. The number of nitrogens with one attached hydrogen (secondary N) is 2. The number of hydrogen-bond donors (Lipinski definition) is 2. The van der Waals surface area contributed by atoms with Crippen molar-refractivity contribution < 1.29 is 23.2 Å². The molecule has 0 radical (unpaired) electrons. The second kappa shape index (κ2) is 14.1. The molecule has 6 rings (SSSR count). The molecule has 1 fully saturated rings. The van der Waals surface area contributed by atoms with Crippen molar-refractivity contribution in [3.63, 3.8) is 0 Å². The summed E-state index contributed by atoms with van der Waals surface area (Å²) in [5.41, 5.74) is 3.06. The Morgan fingerprint density at radius 1 is 0.761 bits per heavy atom. The molecule has 0 spiro atoms. The van der Waals surface area contributed by atoms with E-state index < -0.39 is 24.2 Å². The second-order valence-electron chi connectivity index (χ2n) is 11.0. The largest absolute Gasteiger partial charge is 0.337 e. The van der Waals surface area contributed by atoms with Crippen LogP contribution in [0.5, 0.6) is 0 Å². The third kappa shape index (κ3) is 6.85. The number of nitrogens with zero attached hydrogens (tertiary/aromatic N) is 2. The van der Waals surface area contributed by atoms with Gasteiger partial charge in [0.05, 0.1) is 5.69 Å². The highest BCUT2D eigenvalue weighted by Gasteiger charge is 2.41. The van der Waals surface area contributed by atoms with Crippen molar-refractivity contribution in [2.45, 2.75) is 12.3 Å². The highest BCUT2D eigenvalue weighted by molar-refractivity contribution is 6.11. The number of carbonyl (C=O) groups is 3. The number of para-hydroxylation sites is 1. The molecule has 2 heterocycles. The maximum absolute atomic E-state index is 15.6. The molecular weight excluding hydrogens is 610 g/mol. The number of benzene rings is 4. The summed E-state index contributed by atoms with van der Waals surface area (Å²) in [6, 6.07) is 29.7. The first kappa shape index (κ1) is 32.5. The quantitative estimate of drug-likeness (QED) is 0.243. The minimum atomic E-state index is -3.32. The van der Waals surface area contributed by atoms with Crippen molar-refractivity contribution in [2.24, 2.45) is 0 Å². The lowest BCUT2D eigenvalue weighted by molar-refractivity contribution is -0.126. The second-order valence-corrected chi connectivity index (χ2v) is 11.0. The molecule has 4 aromatic rings. The molecule has 2 N–H and O–H groups in total. The van der Waals surface area contributed by atoms with Gasteiger partial charge < -0.3 is 20.4 Å². The molecule has 0 aliphatic carbocycles. The van der Waals surface area contributed by atoms with E-state index in [-0.39, 0.29) is 41.6 Å². The molecule has 46 heavy (non-hydrogen) atoms. The average molecular weight is 643 g/mol. The summed E-state index contributed by atoms with van der Waals surface area (Å²) in [5.74, 6) is -4.55. The molecule has 1 saturated heterocycles. The first-order valence-electron chi connectivity index (χ1n) is 14.9. The van der Waals surface area contributed by atoms with Crippen LogP contribution in [0.3, 0.4) is 0 Å². The van der Waals surface area contributed by atoms with Crippen molar-refractivity contribution >= 4 is 47.1 Å². The summed E-state index contributed by atoms with van der Waals surface area (Å²) >= 11 is 0. The van der Waals surface area contributed by atoms with Crippen LogP contribution in [0, 0.1) is 0 Å². The van der Waals surface area contributed by atoms with Crippen molar-refractivity contribution in [1.29, 1.82) is 0 Å². The van der Waals surface area contributed by atoms with Crippen molar-refractivity contribution in [1.82, 2.24) is 10.2 Å². The number of anilines is 2. The number of fused-ring (bicyclic) bond motifs is 1. The first-order chi connectivity index (χ1) is 21.8. The minimum Gasteiger partial charge on any atom is -0.337 e. The topological polar surface area (TPSA) is 81.8 Å². The Bertz CT molecular complexity index is 1760. The molecule has 0 bridgehead atoms. The fourth-order valence-electron chi connectivity index (χ4n) is 5.74. The Labute approximate surface area is 272 Å². The lowest BCUT2D eigenvalue weighted by atomic mass is 9.96. The number of carbonyl (C=O) groups excluding carboxylic acids is 3. The fraction of sp³-hybridized carbons (Fsp3) is 0.194. The van der Waals surface area contributed by atoms with E-state index in [1.807, 2.05) is 42.5 Å². The summed E-state index contributed by atoms with van der Waals surface area (Å²) in [5, 5.41) is 6.04. The molecule has 0 saturated carbocycles. The first-order valence-corrected chi connectivity index (χ1v) is 14.9. The van der Waals surface area contributed by atoms with Crippen LogP contribution in [0.2, 0.25) is 0 Å². The van der Waals surface area contributed by atoms with Gasteiger partial charge in [0.2, 0.25) is 5.91 Å². The van der Waals surface area contributed by atoms with Crippen LogP contribution in [0.1, 0.15) is 32.7 Å². The highest BCUT2D eigenvalue weighted by Crippen LogP contribution is 2.43. The van der Waals surface area contributed by atoms with Gasteiger partial charge in [0.1, 0.15) is 0 Å². The van der Waals surface area contributed by atoms with Gasteiger partial charge in [-0.3, -0.25) is 14.4 Å². The molecule has 2 aliphatic heterocycles. The number of hydrogen-bond acceptors (Lipinski definition) is 4. The maximum atomic E-state index is 15.6. The Morgan fingerprint density at radius 2 is 1.39 bits per heavy atom. The number of halogens is 3. The molecule has 4 aromatic carbocycles. The van der Waals surface area contributed by atoms with Gasteiger partial charge in [-0.25, -0.2) is 8.78 Å². The predicted octanol–water partition coefficient (Wildman–Crippen LogP) is 6.53. The maximum Gasteiger partial charge on any atom is 0.275 e. The normalized spacial score (nSPS) is 16.5. The number of allylic oxidation sites excluding steroid dienone is 1. The monoisotopic (exact) mass is 642 g/mol. The predicted molar refractivity (Wildman–Crippen MR) is 179 cm³/mol. The van der Waals surface area contributed by atoms with Crippen molar-refractivity contribution in [3.8, 4) is 11.1 Å². The Kier molecular flexibility index (Phi) is 9.94. The van der Waals surface area contributed by atoms with E-state index >= 15 is 8.78 Å². The summed E-state index contributed by atoms with van der Waals surface area (Å²) in [6.45, 7) is 1.85. The van der Waals surface area contributed by atoms with E-state index in [1.165, 1.54) is 11.0 Å². The van der Waals surface area contributed by atoms with Gasteiger partial charge in [0.15, 0.2) is 0 Å². The number of rotatable bonds is 5. The van der Waals surface area contributed by atoms with Crippen LogP contribution >= 0.6 is 12.4 Å². The molecule has 236 valence electrons. The molecular formula is C36H33ClF2N4O3. The van der Waals surface area contributed by atoms with Gasteiger partial charge in [-0.2, -0.15) is 0 Å². The van der Waals surface area contributed by atoms with Gasteiger partial charge in [-0.1, -0.05) is 66.7 Å². The van der Waals surface area contributed by atoms with E-state index in [0.717, 1.165) is 17.2 Å². The minimum absolute atomic E-state index is 0. The number of amides is 3. The lowest BCUT2D eigenvalue weighted by Gasteiger charge is -2.27. The highest BCUT2D eigenvalue weighted by atomic mass is 35.5. The molecule has 10 heteroatoms. The van der Waals surface area contributed by atoms with Crippen molar-refractivity contribution in [2.75, 3.05) is 42.9 Å². The third-order valence-corrected chi connectivity index (χ3v) is 8.12. The third-order valence-electron chi connectivity index (χ3n) is 8.12. The summed E-state index contributed by atoms with van der Waals surface area (Å²) in [4.78, 5) is 42.8. The SMILES string of the molecule is Cl.O=C(Nc1ccc(C(=O)N2CCC(F)(F)/C(=C\C(=O)N3CCNCC3)c3ccccc32)cc1)c1ccccc1-c1ccccc1. The Morgan fingerprint density at radius 3 is 2.11 bits per heavy atom. The van der Waals surface area contributed by atoms with Gasteiger partial charge in [-0.05, 0) is 47.5 Å². The lowest BCUT2D eigenvalue weighted by Crippen LogP contribution is -2.46. The smallest absolute Gasteiger partial charge is 0.275 e. The van der Waals surface area contributed by atoms with Crippen LogP contribution < -0.4 is 15.5 Å². The summed E-state index contributed by atoms with van der Waals surface area (Å²) in [6.07, 6.45) is 0.397. The van der Waals surface area contributed by atoms with E-state index in [9.17, 15) is 14.4 Å². The zero-order valence-electron chi connectivity index (χ0n) is 24.9. The van der Waals surface area contributed by atoms with Gasteiger partial charge in [-0.15, -0.1) is 12.4 Å². The zero-order valence-corrected chi connectivity index (χ0v) is 25.7. The molecule has 0 unspecified atom stereocenters. The van der Waals surface area contributed by atoms with Crippen LogP contribution in [-0.2, 0) is 4.79 Å². The Balaban J connectivity index is 0.00000417. The standard InChI is InChI=1S/C36H32F2N4O3.ClH/c37-36(38)18-21-42(32-13-7-6-12-30(32)31(36)24-33(43)41-22-19-39-20-23-41)35(45)26-14-16-27(17-15-26)40-34(44)29-11-5-4-10-28(29)25-8-2-1-3-9-25;/h1-17,24,39H,18-23H2,(H,40,44);1H/b31-24-;. The Hall–Kier alpha value is -4.86. The zero-order chi connectivity index (χ0) is 31.4. The van der Waals surface area contributed by atoms with E-state index in [0.29, 0.717) is 43.1 Å². The molecule has 3 amide bonds. The summed E-state index contributed by atoms with van der Waals surface area (Å²) < 4.78 is 31.2.